The van der Waals surface area contributed by atoms with E-state index in [1.807, 2.05) is 56.1 Å². The quantitative estimate of drug-likeness (QED) is 0.233. The van der Waals surface area contributed by atoms with Crippen molar-refractivity contribution in [2.45, 2.75) is 50.8 Å². The number of likely N-dealkylation sites (tertiary alicyclic amines) is 1. The third-order valence-electron chi connectivity index (χ3n) is 10.4. The molecule has 5 fully saturated rings. The summed E-state index contributed by atoms with van der Waals surface area (Å²) in [6.07, 6.45) is 7.15. The van der Waals surface area contributed by atoms with Crippen LogP contribution in [0.1, 0.15) is 43.0 Å². The molecule has 53 heavy (non-hydrogen) atoms. The van der Waals surface area contributed by atoms with Gasteiger partial charge >= 0.3 is 6.09 Å². The number of nitrogens with one attached hydrogen (secondary N) is 1. The van der Waals surface area contributed by atoms with Crippen molar-refractivity contribution in [1.82, 2.24) is 34.5 Å². The molecular formula is C39H44Cl2FN7O4. The molecule has 2 aromatic carbocycles. The molecule has 6 aliphatic rings. The Morgan fingerprint density at radius 3 is 2.28 bits per heavy atom. The van der Waals surface area contributed by atoms with Crippen LogP contribution in [0.4, 0.5) is 9.18 Å². The van der Waals surface area contributed by atoms with E-state index in [4.69, 9.17) is 21.3 Å². The molecule has 0 saturated carbocycles. The normalized spacial score (nSPS) is 20.9. The Morgan fingerprint density at radius 2 is 1.60 bits per heavy atom. The Kier molecular flexibility index (Phi) is 11.1. The van der Waals surface area contributed by atoms with Crippen LogP contribution in [0, 0.1) is 5.82 Å². The zero-order valence-corrected chi connectivity index (χ0v) is 31.1. The lowest BCUT2D eigenvalue weighted by Gasteiger charge is -2.27. The average molecular weight is 765 g/mol. The first kappa shape index (κ1) is 36.9. The average Bonchev–Trinajstić information content (AvgIpc) is 4.07. The monoisotopic (exact) mass is 763 g/mol. The van der Waals surface area contributed by atoms with E-state index in [0.29, 0.717) is 36.1 Å². The lowest BCUT2D eigenvalue weighted by Crippen LogP contribution is -2.39. The number of allylic oxidation sites excluding steroid dienone is 1. The highest BCUT2D eigenvalue weighted by Gasteiger charge is 2.43. The van der Waals surface area contributed by atoms with Gasteiger partial charge in [0.05, 0.1) is 22.5 Å². The van der Waals surface area contributed by atoms with Crippen LogP contribution in [0.3, 0.4) is 0 Å². The zero-order valence-electron chi connectivity index (χ0n) is 29.5. The Morgan fingerprint density at radius 1 is 0.906 bits per heavy atom. The molecule has 0 radical (unpaired) electrons. The minimum Gasteiger partial charge on any atom is -0.445 e. The van der Waals surface area contributed by atoms with Crippen molar-refractivity contribution in [3.63, 3.8) is 0 Å². The van der Waals surface area contributed by atoms with Crippen LogP contribution in [0.5, 0.6) is 0 Å². The minimum atomic E-state index is -0.441. The molecular weight excluding hydrogens is 720 g/mol. The molecule has 280 valence electrons. The fraction of sp³-hybridized carbons (Fsp3) is 0.436. The van der Waals surface area contributed by atoms with Crippen molar-refractivity contribution in [3.8, 4) is 11.3 Å². The number of benzene rings is 2. The molecule has 1 amide bonds. The second-order valence-electron chi connectivity index (χ2n) is 14.2. The molecule has 5 saturated heterocycles. The molecule has 0 spiro atoms. The van der Waals surface area contributed by atoms with Crippen molar-refractivity contribution in [3.05, 3.63) is 100 Å². The standard InChI is InChI=1S/C27H30ClFN4O2.C12H13N3O2.ClH/c28-23-15-21(8-9-24(23)29)25-17-32(26(31-25)20-10-12-30-13-11-20)16-22-7-4-14-33(22)27(34)35-18-19-5-2-1-3-6-19;16-9-7-8(13-1-2-13)12(17)11(15-5-6-15)10(9)14-3-4-14;/h1-3,5-6,8-9,15,17,20,22,30H,4,7,10-14,16,18H2;7H,1-6H2;1H/t22-;;/m1../s1. The fourth-order valence-electron chi connectivity index (χ4n) is 7.35. The van der Waals surface area contributed by atoms with Gasteiger partial charge in [-0.3, -0.25) is 9.59 Å². The van der Waals surface area contributed by atoms with Gasteiger partial charge in [0.25, 0.3) is 0 Å². The number of hydrogen-bond acceptors (Lipinski definition) is 9. The van der Waals surface area contributed by atoms with Crippen molar-refractivity contribution >= 4 is 41.7 Å². The van der Waals surface area contributed by atoms with E-state index in [1.165, 1.54) is 12.1 Å². The van der Waals surface area contributed by atoms with Gasteiger partial charge in [-0.25, -0.2) is 14.2 Å². The van der Waals surface area contributed by atoms with Crippen LogP contribution < -0.4 is 5.32 Å². The molecule has 1 aliphatic carbocycles. The van der Waals surface area contributed by atoms with E-state index in [2.05, 4.69) is 9.88 Å². The van der Waals surface area contributed by atoms with Crippen molar-refractivity contribution in [2.75, 3.05) is 58.9 Å². The van der Waals surface area contributed by atoms with Gasteiger partial charge in [-0.05, 0) is 62.5 Å². The van der Waals surface area contributed by atoms with Crippen molar-refractivity contribution < 1.29 is 23.5 Å². The van der Waals surface area contributed by atoms with Crippen molar-refractivity contribution in [2.24, 2.45) is 0 Å². The molecule has 14 heteroatoms. The minimum absolute atomic E-state index is 0. The number of nitrogens with zero attached hydrogens (tertiary/aromatic N) is 6. The number of carbonyl (C=O) groups is 3. The Labute approximate surface area is 319 Å². The van der Waals surface area contributed by atoms with E-state index >= 15 is 0 Å². The summed E-state index contributed by atoms with van der Waals surface area (Å²) in [5, 5.41) is 3.50. The molecule has 3 aromatic rings. The number of rotatable bonds is 9. The molecule has 0 bridgehead atoms. The first-order valence-electron chi connectivity index (χ1n) is 18.3. The lowest BCUT2D eigenvalue weighted by molar-refractivity contribution is -0.117. The first-order valence-corrected chi connectivity index (χ1v) is 18.7. The Bertz CT molecular complexity index is 1920. The summed E-state index contributed by atoms with van der Waals surface area (Å²) in [6, 6.07) is 14.5. The van der Waals surface area contributed by atoms with Gasteiger partial charge in [-0.1, -0.05) is 41.9 Å². The van der Waals surface area contributed by atoms with Crippen LogP contribution in [0.2, 0.25) is 5.02 Å². The molecule has 1 aromatic heterocycles. The van der Waals surface area contributed by atoms with Crippen LogP contribution in [-0.2, 0) is 27.5 Å². The van der Waals surface area contributed by atoms with Crippen LogP contribution >= 0.6 is 24.0 Å². The van der Waals surface area contributed by atoms with Crippen LogP contribution in [0.25, 0.3) is 11.3 Å². The number of aromatic nitrogens is 2. The van der Waals surface area contributed by atoms with Gasteiger partial charge in [-0.15, -0.1) is 12.4 Å². The third kappa shape index (κ3) is 8.40. The summed E-state index contributed by atoms with van der Waals surface area (Å²) in [4.78, 5) is 50.2. The number of Topliss-reactive ketones (excluding diaryl/α,β-unsaturated/α-hetero) is 1. The smallest absolute Gasteiger partial charge is 0.410 e. The lowest BCUT2D eigenvalue weighted by atomic mass is 9.97. The molecule has 5 aliphatic heterocycles. The van der Waals surface area contributed by atoms with E-state index in [1.54, 1.807) is 12.1 Å². The number of imidazole rings is 1. The van der Waals surface area contributed by atoms with Gasteiger partial charge < -0.3 is 34.2 Å². The van der Waals surface area contributed by atoms with Gasteiger partial charge in [-0.2, -0.15) is 0 Å². The number of carbonyl (C=O) groups excluding carboxylic acids is 3. The Hall–Kier alpha value is -4.39. The summed E-state index contributed by atoms with van der Waals surface area (Å²) in [5.41, 5.74) is 4.42. The summed E-state index contributed by atoms with van der Waals surface area (Å²) >= 11 is 6.05. The maximum absolute atomic E-state index is 13.7. The van der Waals surface area contributed by atoms with Crippen LogP contribution in [-0.4, -0.2) is 112 Å². The van der Waals surface area contributed by atoms with E-state index < -0.39 is 5.82 Å². The number of amides is 1. The Balaban J connectivity index is 0.000000201. The van der Waals surface area contributed by atoms with Gasteiger partial charge in [0.15, 0.2) is 0 Å². The highest BCUT2D eigenvalue weighted by molar-refractivity contribution is 6.31. The van der Waals surface area contributed by atoms with Gasteiger partial charge in [0.1, 0.15) is 29.6 Å². The predicted molar refractivity (Wildman–Crippen MR) is 201 cm³/mol. The van der Waals surface area contributed by atoms with Crippen LogP contribution in [0.15, 0.2) is 77.9 Å². The highest BCUT2D eigenvalue weighted by Crippen LogP contribution is 2.35. The number of halogens is 3. The molecule has 6 heterocycles. The zero-order chi connectivity index (χ0) is 35.8. The molecule has 9 rings (SSSR count). The molecule has 0 unspecified atom stereocenters. The topological polar surface area (TPSA) is 103 Å². The fourth-order valence-corrected chi connectivity index (χ4v) is 7.53. The SMILES string of the molecule is Cl.O=C(OCc1ccccc1)N1CCC[C@@H]1Cn1cc(-c2ccc(F)c(Cl)c2)nc1C1CCNCC1.O=C1C=C(N2CC2)C(=O)C(N2CC2)=C1N1CC1. The van der Waals surface area contributed by atoms with E-state index in [-0.39, 0.29) is 47.7 Å². The largest absolute Gasteiger partial charge is 0.445 e. The number of piperidine rings is 1. The van der Waals surface area contributed by atoms with Gasteiger partial charge in [0.2, 0.25) is 11.6 Å². The van der Waals surface area contributed by atoms with Crippen molar-refractivity contribution in [1.29, 1.82) is 0 Å². The number of hydrogen-bond donors (Lipinski definition) is 1. The molecule has 11 nitrogen and oxygen atoms in total. The maximum Gasteiger partial charge on any atom is 0.410 e. The predicted octanol–water partition coefficient (Wildman–Crippen LogP) is 5.21. The van der Waals surface area contributed by atoms with E-state index in [0.717, 1.165) is 101 Å². The third-order valence-corrected chi connectivity index (χ3v) is 10.7. The summed E-state index contributed by atoms with van der Waals surface area (Å²) in [6.45, 7) is 8.93. The maximum atomic E-state index is 13.7. The number of ketones is 2. The summed E-state index contributed by atoms with van der Waals surface area (Å²) in [5.74, 6) is 0.962. The molecule has 1 atom stereocenters. The first-order chi connectivity index (χ1) is 25.3. The second-order valence-corrected chi connectivity index (χ2v) is 14.6. The van der Waals surface area contributed by atoms with E-state index in [9.17, 15) is 18.8 Å². The number of ether oxygens (including phenoxy) is 1. The summed E-state index contributed by atoms with van der Waals surface area (Å²) in [7, 11) is 0. The molecule has 1 N–H and O–H groups in total. The summed E-state index contributed by atoms with van der Waals surface area (Å²) < 4.78 is 21.6. The highest BCUT2D eigenvalue weighted by atomic mass is 35.5. The van der Waals surface area contributed by atoms with Gasteiger partial charge in [0, 0.05) is 76.1 Å². The second kappa shape index (κ2) is 15.9.